The Kier molecular flexibility index (Phi) is 4.30. The Balaban J connectivity index is 2.38. The van der Waals surface area contributed by atoms with E-state index >= 15 is 0 Å². The minimum absolute atomic E-state index is 0.0251. The molecule has 2 rings (SSSR count). The van der Waals surface area contributed by atoms with Crippen molar-refractivity contribution in [1.29, 1.82) is 0 Å². The summed E-state index contributed by atoms with van der Waals surface area (Å²) in [4.78, 5) is 14.2. The van der Waals surface area contributed by atoms with E-state index in [0.29, 0.717) is 11.8 Å². The monoisotopic (exact) mass is 294 g/mol. The number of nitrogens with zero attached hydrogens (tertiary/aromatic N) is 4. The summed E-state index contributed by atoms with van der Waals surface area (Å²) in [5.41, 5.74) is 0. The zero-order valence-corrected chi connectivity index (χ0v) is 12.3. The Hall–Kier alpha value is -2.31. The Labute approximate surface area is 121 Å². The van der Waals surface area contributed by atoms with E-state index in [9.17, 15) is 8.78 Å². The quantitative estimate of drug-likeness (QED) is 0.867. The molecule has 0 radical (unpaired) electrons. The summed E-state index contributed by atoms with van der Waals surface area (Å²) in [5, 5.41) is 0. The molecule has 1 aromatic heterocycles. The van der Waals surface area contributed by atoms with Crippen molar-refractivity contribution in [3.63, 3.8) is 0 Å². The molecule has 0 aliphatic rings. The molecule has 2 aromatic rings. The van der Waals surface area contributed by atoms with E-state index in [1.54, 1.807) is 19.0 Å². The van der Waals surface area contributed by atoms with Crippen LogP contribution in [0.1, 0.15) is 25.6 Å². The van der Waals surface area contributed by atoms with Crippen LogP contribution < -0.4 is 9.64 Å². The Morgan fingerprint density at radius 1 is 1.10 bits per heavy atom. The van der Waals surface area contributed by atoms with Crippen LogP contribution >= 0.6 is 0 Å². The molecule has 0 amide bonds. The number of ether oxygens (including phenoxy) is 1. The fraction of sp³-hybridized carbons (Fsp3) is 0.357. The van der Waals surface area contributed by atoms with Gasteiger partial charge in [0, 0.05) is 26.1 Å². The zero-order chi connectivity index (χ0) is 15.6. The van der Waals surface area contributed by atoms with Gasteiger partial charge in [-0.05, 0) is 12.1 Å². The largest absolute Gasteiger partial charge is 0.421 e. The molecule has 0 spiro atoms. The summed E-state index contributed by atoms with van der Waals surface area (Å²) in [6.07, 6.45) is 0. The van der Waals surface area contributed by atoms with Crippen LogP contribution in [-0.2, 0) is 0 Å². The van der Waals surface area contributed by atoms with Crippen LogP contribution in [0.5, 0.6) is 11.8 Å². The number of rotatable bonds is 4. The lowest BCUT2D eigenvalue weighted by Gasteiger charge is -2.14. The molecule has 0 N–H and O–H groups in total. The molecule has 21 heavy (non-hydrogen) atoms. The molecule has 1 aromatic carbocycles. The summed E-state index contributed by atoms with van der Waals surface area (Å²) < 4.78 is 31.8. The number of hydrogen-bond donors (Lipinski definition) is 0. The molecule has 0 bridgehead atoms. The molecule has 0 atom stereocenters. The molecule has 0 unspecified atom stereocenters. The summed E-state index contributed by atoms with van der Waals surface area (Å²) in [5.74, 6) is -0.619. The molecule has 5 nitrogen and oxygen atoms in total. The van der Waals surface area contributed by atoms with E-state index < -0.39 is 11.6 Å². The van der Waals surface area contributed by atoms with Gasteiger partial charge in [-0.2, -0.15) is 15.0 Å². The van der Waals surface area contributed by atoms with Crippen molar-refractivity contribution >= 4 is 5.95 Å². The van der Waals surface area contributed by atoms with Gasteiger partial charge in [-0.15, -0.1) is 0 Å². The highest BCUT2D eigenvalue weighted by atomic mass is 19.1. The third-order valence-electron chi connectivity index (χ3n) is 2.63. The maximum absolute atomic E-state index is 13.6. The van der Waals surface area contributed by atoms with Crippen molar-refractivity contribution in [2.75, 3.05) is 19.0 Å². The Bertz CT molecular complexity index is 621. The molecule has 7 heteroatoms. The van der Waals surface area contributed by atoms with Gasteiger partial charge in [0.1, 0.15) is 11.6 Å². The molecule has 0 aliphatic heterocycles. The van der Waals surface area contributed by atoms with E-state index in [-0.39, 0.29) is 17.7 Å². The van der Waals surface area contributed by atoms with Crippen molar-refractivity contribution in [2.45, 2.75) is 19.8 Å². The fourth-order valence-electron chi connectivity index (χ4n) is 1.52. The Morgan fingerprint density at radius 2 is 1.81 bits per heavy atom. The SMILES string of the molecule is CC(C)c1nc(Oc2ccc(F)cc2F)nc(N(C)C)n1. The van der Waals surface area contributed by atoms with Crippen molar-refractivity contribution in [2.24, 2.45) is 0 Å². The van der Waals surface area contributed by atoms with Crippen molar-refractivity contribution < 1.29 is 13.5 Å². The lowest BCUT2D eigenvalue weighted by atomic mass is 10.2. The summed E-state index contributed by atoms with van der Waals surface area (Å²) in [6, 6.07) is 3.02. The maximum Gasteiger partial charge on any atom is 0.327 e. The van der Waals surface area contributed by atoms with Crippen molar-refractivity contribution in [1.82, 2.24) is 15.0 Å². The predicted molar refractivity (Wildman–Crippen MR) is 74.7 cm³/mol. The highest BCUT2D eigenvalue weighted by molar-refractivity contribution is 5.32. The number of halogens is 2. The Morgan fingerprint density at radius 3 is 2.38 bits per heavy atom. The minimum atomic E-state index is -0.812. The van der Waals surface area contributed by atoms with Crippen molar-refractivity contribution in [3.05, 3.63) is 35.7 Å². The van der Waals surface area contributed by atoms with E-state index in [0.717, 1.165) is 12.1 Å². The smallest absolute Gasteiger partial charge is 0.327 e. The molecular formula is C14H16F2N4O. The van der Waals surface area contributed by atoms with Gasteiger partial charge in [0.15, 0.2) is 11.6 Å². The average molecular weight is 294 g/mol. The van der Waals surface area contributed by atoms with Gasteiger partial charge in [-0.1, -0.05) is 13.8 Å². The molecular weight excluding hydrogens is 278 g/mol. The summed E-state index contributed by atoms with van der Waals surface area (Å²) >= 11 is 0. The van der Waals surface area contributed by atoms with Gasteiger partial charge in [0.2, 0.25) is 5.95 Å². The van der Waals surface area contributed by atoms with E-state index in [2.05, 4.69) is 15.0 Å². The third kappa shape index (κ3) is 3.62. The van der Waals surface area contributed by atoms with Crippen LogP contribution in [0, 0.1) is 11.6 Å². The number of aromatic nitrogens is 3. The van der Waals surface area contributed by atoms with Gasteiger partial charge in [-0.25, -0.2) is 8.78 Å². The average Bonchev–Trinajstić information content (AvgIpc) is 2.41. The molecule has 0 aliphatic carbocycles. The van der Waals surface area contributed by atoms with Gasteiger partial charge in [0.05, 0.1) is 0 Å². The molecule has 0 saturated heterocycles. The first-order valence-electron chi connectivity index (χ1n) is 6.43. The first-order chi connectivity index (χ1) is 9.86. The topological polar surface area (TPSA) is 51.1 Å². The van der Waals surface area contributed by atoms with Crippen LogP contribution in [0.3, 0.4) is 0 Å². The molecule has 0 fully saturated rings. The molecule has 0 saturated carbocycles. The number of anilines is 1. The summed E-state index contributed by atoms with van der Waals surface area (Å²) in [6.45, 7) is 3.86. The third-order valence-corrected chi connectivity index (χ3v) is 2.63. The van der Waals surface area contributed by atoms with Gasteiger partial charge < -0.3 is 9.64 Å². The van der Waals surface area contributed by atoms with Gasteiger partial charge >= 0.3 is 6.01 Å². The highest BCUT2D eigenvalue weighted by Gasteiger charge is 2.14. The lowest BCUT2D eigenvalue weighted by molar-refractivity contribution is 0.403. The molecule has 1 heterocycles. The first kappa shape index (κ1) is 15.1. The van der Waals surface area contributed by atoms with Crippen molar-refractivity contribution in [3.8, 4) is 11.8 Å². The van der Waals surface area contributed by atoms with Gasteiger partial charge in [-0.3, -0.25) is 0 Å². The van der Waals surface area contributed by atoms with Gasteiger partial charge in [0.25, 0.3) is 0 Å². The van der Waals surface area contributed by atoms with E-state index in [4.69, 9.17) is 4.74 Å². The van der Waals surface area contributed by atoms with Crippen LogP contribution in [-0.4, -0.2) is 29.0 Å². The van der Waals surface area contributed by atoms with Crippen LogP contribution in [0.2, 0.25) is 0 Å². The van der Waals surface area contributed by atoms with Crippen LogP contribution in [0.4, 0.5) is 14.7 Å². The minimum Gasteiger partial charge on any atom is -0.421 e. The first-order valence-corrected chi connectivity index (χ1v) is 6.43. The number of hydrogen-bond acceptors (Lipinski definition) is 5. The van der Waals surface area contributed by atoms with Crippen LogP contribution in [0.25, 0.3) is 0 Å². The fourth-order valence-corrected chi connectivity index (χ4v) is 1.52. The predicted octanol–water partition coefficient (Wildman–Crippen LogP) is 3.13. The second-order valence-corrected chi connectivity index (χ2v) is 5.00. The maximum atomic E-state index is 13.6. The standard InChI is InChI=1S/C14H16F2N4O/c1-8(2)12-17-13(20(3)4)19-14(18-12)21-11-6-5-9(15)7-10(11)16/h5-8H,1-4H3. The van der Waals surface area contributed by atoms with E-state index in [1.165, 1.54) is 6.07 Å². The molecule has 112 valence electrons. The number of benzene rings is 1. The second-order valence-electron chi connectivity index (χ2n) is 5.00. The van der Waals surface area contributed by atoms with Crippen LogP contribution in [0.15, 0.2) is 18.2 Å². The normalized spacial score (nSPS) is 10.8. The van der Waals surface area contributed by atoms with E-state index in [1.807, 2.05) is 13.8 Å². The summed E-state index contributed by atoms with van der Waals surface area (Å²) in [7, 11) is 3.56. The zero-order valence-electron chi connectivity index (χ0n) is 12.3. The highest BCUT2D eigenvalue weighted by Crippen LogP contribution is 2.24. The lowest BCUT2D eigenvalue weighted by Crippen LogP contribution is -2.15. The second kappa shape index (κ2) is 5.99.